The van der Waals surface area contributed by atoms with Crippen LogP contribution in [0.1, 0.15) is 18.1 Å². The van der Waals surface area contributed by atoms with E-state index < -0.39 is 22.0 Å². The normalized spacial score (nSPS) is 13.2. The second kappa shape index (κ2) is 5.94. The second-order valence-electron chi connectivity index (χ2n) is 3.97. The fourth-order valence-corrected chi connectivity index (χ4v) is 2.90. The Balaban J connectivity index is 2.86. The number of amides is 1. The molecule has 0 aromatic heterocycles. The topological polar surface area (TPSA) is 115 Å². The summed E-state index contributed by atoms with van der Waals surface area (Å²) in [6.07, 6.45) is 0. The highest BCUT2D eigenvalue weighted by Crippen LogP contribution is 2.11. The van der Waals surface area contributed by atoms with Crippen LogP contribution in [0.15, 0.2) is 24.3 Å². The number of carbonyl (C=O) groups excluding carboxylic acids is 1. The summed E-state index contributed by atoms with van der Waals surface area (Å²) >= 11 is 0. The molecule has 0 bridgehead atoms. The van der Waals surface area contributed by atoms with Gasteiger partial charge in [-0.25, -0.2) is 13.1 Å². The van der Waals surface area contributed by atoms with Crippen LogP contribution in [0.3, 0.4) is 0 Å². The first-order chi connectivity index (χ1) is 8.35. The lowest BCUT2D eigenvalue weighted by Gasteiger charge is -2.12. The quantitative estimate of drug-likeness (QED) is 0.643. The Labute approximate surface area is 106 Å². The lowest BCUT2D eigenvalue weighted by molar-refractivity contribution is -0.119. The number of nitrogens with two attached hydrogens (primary N) is 2. The van der Waals surface area contributed by atoms with Crippen molar-refractivity contribution in [3.8, 4) is 0 Å². The van der Waals surface area contributed by atoms with Gasteiger partial charge in [0.25, 0.3) is 0 Å². The molecule has 0 radical (unpaired) electrons. The summed E-state index contributed by atoms with van der Waals surface area (Å²) < 4.78 is 25.9. The van der Waals surface area contributed by atoms with E-state index in [9.17, 15) is 13.2 Å². The van der Waals surface area contributed by atoms with Gasteiger partial charge in [-0.3, -0.25) is 4.79 Å². The summed E-state index contributed by atoms with van der Waals surface area (Å²) in [7, 11) is -3.62. The molecule has 0 aliphatic heterocycles. The van der Waals surface area contributed by atoms with Crippen LogP contribution in [0.4, 0.5) is 0 Å². The Morgan fingerprint density at radius 1 is 1.33 bits per heavy atom. The minimum Gasteiger partial charge on any atom is -0.368 e. The van der Waals surface area contributed by atoms with Crippen molar-refractivity contribution in [3.05, 3.63) is 35.4 Å². The molecule has 1 rings (SSSR count). The van der Waals surface area contributed by atoms with E-state index in [-0.39, 0.29) is 12.3 Å². The molecule has 1 unspecified atom stereocenters. The van der Waals surface area contributed by atoms with Crippen molar-refractivity contribution in [2.75, 3.05) is 0 Å². The maximum absolute atomic E-state index is 11.8. The van der Waals surface area contributed by atoms with E-state index in [1.807, 2.05) is 0 Å². The first-order valence-corrected chi connectivity index (χ1v) is 7.07. The van der Waals surface area contributed by atoms with Crippen LogP contribution < -0.4 is 16.2 Å². The lowest BCUT2D eigenvalue weighted by Crippen LogP contribution is -2.42. The second-order valence-corrected chi connectivity index (χ2v) is 5.73. The van der Waals surface area contributed by atoms with Crippen molar-refractivity contribution < 1.29 is 13.2 Å². The number of benzene rings is 1. The molecule has 0 heterocycles. The molecule has 0 aliphatic carbocycles. The molecule has 0 fully saturated rings. The molecule has 1 amide bonds. The Hall–Kier alpha value is -1.44. The molecule has 100 valence electrons. The van der Waals surface area contributed by atoms with E-state index in [2.05, 4.69) is 4.72 Å². The largest absolute Gasteiger partial charge is 0.368 e. The fourth-order valence-electron chi connectivity index (χ4n) is 1.47. The van der Waals surface area contributed by atoms with Gasteiger partial charge in [-0.2, -0.15) is 0 Å². The predicted octanol–water partition coefficient (Wildman–Crippen LogP) is -0.561. The monoisotopic (exact) mass is 271 g/mol. The molecule has 6 nitrogen and oxygen atoms in total. The maximum atomic E-state index is 11.8. The molecule has 1 aromatic rings. The third kappa shape index (κ3) is 4.10. The standard InChI is InChI=1S/C11H17N3O3S/c1-8(11(13)15)14-18(16,17)7-10-5-3-2-4-9(10)6-12/h2-5,8,14H,6-7,12H2,1H3,(H2,13,15). The average Bonchev–Trinajstić information content (AvgIpc) is 2.28. The van der Waals surface area contributed by atoms with Gasteiger partial charge in [0.15, 0.2) is 0 Å². The zero-order valence-electron chi connectivity index (χ0n) is 10.1. The minimum atomic E-state index is -3.62. The molecule has 5 N–H and O–H groups in total. The van der Waals surface area contributed by atoms with Gasteiger partial charge in [0.2, 0.25) is 15.9 Å². The number of hydrogen-bond acceptors (Lipinski definition) is 4. The van der Waals surface area contributed by atoms with Gasteiger partial charge in [-0.1, -0.05) is 24.3 Å². The van der Waals surface area contributed by atoms with E-state index in [4.69, 9.17) is 11.5 Å². The van der Waals surface area contributed by atoms with Crippen molar-refractivity contribution in [2.45, 2.75) is 25.3 Å². The van der Waals surface area contributed by atoms with Crippen molar-refractivity contribution in [1.29, 1.82) is 0 Å². The number of sulfonamides is 1. The molecule has 18 heavy (non-hydrogen) atoms. The third-order valence-electron chi connectivity index (χ3n) is 2.47. The summed E-state index contributed by atoms with van der Waals surface area (Å²) in [5.41, 5.74) is 11.9. The molecule has 0 spiro atoms. The average molecular weight is 271 g/mol. The molecular formula is C11H17N3O3S. The molecule has 1 atom stereocenters. The first-order valence-electron chi connectivity index (χ1n) is 5.42. The fraction of sp³-hybridized carbons (Fsp3) is 0.364. The molecular weight excluding hydrogens is 254 g/mol. The number of nitrogens with one attached hydrogen (secondary N) is 1. The van der Waals surface area contributed by atoms with Gasteiger partial charge in [0, 0.05) is 6.54 Å². The van der Waals surface area contributed by atoms with Gasteiger partial charge in [0.05, 0.1) is 11.8 Å². The summed E-state index contributed by atoms with van der Waals surface area (Å²) in [4.78, 5) is 10.8. The van der Waals surface area contributed by atoms with Crippen LogP contribution in [0.5, 0.6) is 0 Å². The van der Waals surface area contributed by atoms with Crippen LogP contribution in [-0.2, 0) is 27.1 Å². The van der Waals surface area contributed by atoms with Gasteiger partial charge in [-0.15, -0.1) is 0 Å². The lowest BCUT2D eigenvalue weighted by atomic mass is 10.1. The number of rotatable bonds is 6. The number of carbonyl (C=O) groups is 1. The van der Waals surface area contributed by atoms with E-state index in [0.29, 0.717) is 5.56 Å². The van der Waals surface area contributed by atoms with E-state index >= 15 is 0 Å². The Kier molecular flexibility index (Phi) is 4.83. The van der Waals surface area contributed by atoms with Crippen LogP contribution in [-0.4, -0.2) is 20.4 Å². The van der Waals surface area contributed by atoms with Gasteiger partial charge in [0.1, 0.15) is 0 Å². The third-order valence-corrected chi connectivity index (χ3v) is 3.87. The van der Waals surface area contributed by atoms with E-state index in [0.717, 1.165) is 5.56 Å². The highest BCUT2D eigenvalue weighted by molar-refractivity contribution is 7.88. The molecule has 7 heteroatoms. The van der Waals surface area contributed by atoms with Crippen molar-refractivity contribution in [1.82, 2.24) is 4.72 Å². The van der Waals surface area contributed by atoms with Crippen molar-refractivity contribution >= 4 is 15.9 Å². The van der Waals surface area contributed by atoms with Crippen LogP contribution >= 0.6 is 0 Å². The predicted molar refractivity (Wildman–Crippen MR) is 68.7 cm³/mol. The van der Waals surface area contributed by atoms with E-state index in [1.165, 1.54) is 6.92 Å². The zero-order valence-corrected chi connectivity index (χ0v) is 10.9. The number of hydrogen-bond donors (Lipinski definition) is 3. The minimum absolute atomic E-state index is 0.224. The van der Waals surface area contributed by atoms with Crippen molar-refractivity contribution in [3.63, 3.8) is 0 Å². The Morgan fingerprint density at radius 3 is 2.39 bits per heavy atom. The van der Waals surface area contributed by atoms with Crippen LogP contribution in [0.2, 0.25) is 0 Å². The van der Waals surface area contributed by atoms with Crippen LogP contribution in [0, 0.1) is 0 Å². The zero-order chi connectivity index (χ0) is 13.8. The highest BCUT2D eigenvalue weighted by atomic mass is 32.2. The Morgan fingerprint density at radius 2 is 1.89 bits per heavy atom. The SMILES string of the molecule is CC(NS(=O)(=O)Cc1ccccc1CN)C(N)=O. The van der Waals surface area contributed by atoms with Crippen LogP contribution in [0.25, 0.3) is 0 Å². The maximum Gasteiger partial charge on any atom is 0.235 e. The molecule has 0 aliphatic rings. The summed E-state index contributed by atoms with van der Waals surface area (Å²) in [6.45, 7) is 1.66. The smallest absolute Gasteiger partial charge is 0.235 e. The molecule has 1 aromatic carbocycles. The van der Waals surface area contributed by atoms with E-state index in [1.54, 1.807) is 24.3 Å². The first kappa shape index (κ1) is 14.6. The Bertz CT molecular complexity index is 528. The summed E-state index contributed by atoms with van der Waals surface area (Å²) in [5.74, 6) is -0.941. The van der Waals surface area contributed by atoms with Crippen molar-refractivity contribution in [2.24, 2.45) is 11.5 Å². The molecule has 0 saturated heterocycles. The molecule has 0 saturated carbocycles. The van der Waals surface area contributed by atoms with Gasteiger partial charge < -0.3 is 11.5 Å². The van der Waals surface area contributed by atoms with Gasteiger partial charge in [-0.05, 0) is 18.1 Å². The number of primary amides is 1. The van der Waals surface area contributed by atoms with Gasteiger partial charge >= 0.3 is 0 Å². The highest BCUT2D eigenvalue weighted by Gasteiger charge is 2.19. The summed E-state index contributed by atoms with van der Waals surface area (Å²) in [6, 6.07) is 6.05. The summed E-state index contributed by atoms with van der Waals surface area (Å²) in [5, 5.41) is 0.